The minimum absolute atomic E-state index is 0.0472. The normalized spacial score (nSPS) is 11.5. The number of nitrogens with one attached hydrogen (secondary N) is 2. The highest BCUT2D eigenvalue weighted by atomic mass is 35.5. The van der Waals surface area contributed by atoms with E-state index in [1.54, 1.807) is 50.4 Å². The van der Waals surface area contributed by atoms with Crippen LogP contribution in [0.4, 0.5) is 5.69 Å². The predicted octanol–water partition coefficient (Wildman–Crippen LogP) is 3.44. The van der Waals surface area contributed by atoms with Crippen LogP contribution >= 0.6 is 11.6 Å². The summed E-state index contributed by atoms with van der Waals surface area (Å²) in [6.07, 6.45) is 1.68. The first-order valence-electron chi connectivity index (χ1n) is 10.5. The average Bonchev–Trinajstić information content (AvgIpc) is 2.79. The largest absolute Gasteiger partial charge is 0.495 e. The van der Waals surface area contributed by atoms with Crippen LogP contribution in [-0.2, 0) is 14.8 Å². The molecular weight excluding hydrogens is 464 g/mol. The van der Waals surface area contributed by atoms with Gasteiger partial charge in [0, 0.05) is 41.9 Å². The molecule has 3 rings (SSSR count). The van der Waals surface area contributed by atoms with Crippen LogP contribution in [0.15, 0.2) is 53.6 Å². The molecule has 0 aliphatic rings. The second kappa shape index (κ2) is 10.8. The zero-order chi connectivity index (χ0) is 24.0. The Morgan fingerprint density at radius 3 is 2.67 bits per heavy atom. The van der Waals surface area contributed by atoms with Crippen LogP contribution in [0, 0.1) is 6.92 Å². The van der Waals surface area contributed by atoms with E-state index in [1.165, 1.54) is 7.11 Å². The van der Waals surface area contributed by atoms with Crippen LogP contribution in [0.5, 0.6) is 5.75 Å². The van der Waals surface area contributed by atoms with Gasteiger partial charge < -0.3 is 15.4 Å². The number of fused-ring (bicyclic) bond motifs is 1. The molecule has 0 spiro atoms. The van der Waals surface area contributed by atoms with Crippen molar-refractivity contribution in [3.05, 3.63) is 59.2 Å². The smallest absolute Gasteiger partial charge is 0.247 e. The summed E-state index contributed by atoms with van der Waals surface area (Å²) in [4.78, 5) is 16.8. The standard InChI is InChI=1S/C23H27ClN4O4S/c1-4-28(33(30,31)22-13-16(2)5-8-21(22)32-3)15-23(29)27-12-11-26-19-9-10-25-20-14-17(24)6-7-18(19)20/h5-10,13-14H,4,11-12,15H2,1-3H3,(H,25,26)(H,27,29). The molecule has 176 valence electrons. The molecule has 0 atom stereocenters. The van der Waals surface area contributed by atoms with Crippen molar-refractivity contribution >= 4 is 44.1 Å². The summed E-state index contributed by atoms with van der Waals surface area (Å²) >= 11 is 6.02. The SMILES string of the molecule is CCN(CC(=O)NCCNc1ccnc2cc(Cl)ccc12)S(=O)(=O)c1cc(C)ccc1OC. The van der Waals surface area contributed by atoms with Gasteiger partial charge in [0.05, 0.1) is 19.2 Å². The molecule has 0 aliphatic heterocycles. The molecule has 0 fully saturated rings. The number of ether oxygens (including phenoxy) is 1. The second-order valence-corrected chi connectivity index (χ2v) is 9.73. The Bertz CT molecular complexity index is 1250. The van der Waals surface area contributed by atoms with Gasteiger partial charge in [-0.2, -0.15) is 4.31 Å². The molecule has 3 aromatic rings. The third kappa shape index (κ3) is 5.93. The summed E-state index contributed by atoms with van der Waals surface area (Å²) in [5.41, 5.74) is 2.42. The highest BCUT2D eigenvalue weighted by Crippen LogP contribution is 2.27. The van der Waals surface area contributed by atoms with E-state index in [1.807, 2.05) is 12.1 Å². The summed E-state index contributed by atoms with van der Waals surface area (Å²) in [7, 11) is -2.48. The van der Waals surface area contributed by atoms with Crippen LogP contribution in [-0.4, -0.2) is 56.9 Å². The van der Waals surface area contributed by atoms with Gasteiger partial charge in [-0.3, -0.25) is 9.78 Å². The van der Waals surface area contributed by atoms with Crippen molar-refractivity contribution in [1.29, 1.82) is 0 Å². The number of benzene rings is 2. The number of anilines is 1. The maximum Gasteiger partial charge on any atom is 0.247 e. The first-order valence-corrected chi connectivity index (χ1v) is 12.3. The Morgan fingerprint density at radius 1 is 1.15 bits per heavy atom. The Balaban J connectivity index is 1.59. The Hall–Kier alpha value is -2.88. The quantitative estimate of drug-likeness (QED) is 0.422. The van der Waals surface area contributed by atoms with Crippen molar-refractivity contribution in [2.45, 2.75) is 18.7 Å². The number of pyridine rings is 1. The zero-order valence-corrected chi connectivity index (χ0v) is 20.3. The van der Waals surface area contributed by atoms with Gasteiger partial charge in [-0.15, -0.1) is 0 Å². The molecule has 0 aliphatic carbocycles. The number of amides is 1. The van der Waals surface area contributed by atoms with Crippen LogP contribution in [0.2, 0.25) is 5.02 Å². The minimum atomic E-state index is -3.90. The van der Waals surface area contributed by atoms with Gasteiger partial charge in [0.1, 0.15) is 10.6 Å². The number of sulfonamides is 1. The molecule has 0 radical (unpaired) electrons. The van der Waals surface area contributed by atoms with Gasteiger partial charge in [-0.1, -0.05) is 24.6 Å². The van der Waals surface area contributed by atoms with Crippen molar-refractivity contribution in [3.8, 4) is 5.75 Å². The van der Waals surface area contributed by atoms with E-state index in [0.717, 1.165) is 26.5 Å². The lowest BCUT2D eigenvalue weighted by atomic mass is 10.2. The van der Waals surface area contributed by atoms with Gasteiger partial charge in [0.15, 0.2) is 0 Å². The van der Waals surface area contributed by atoms with E-state index in [4.69, 9.17) is 16.3 Å². The molecular formula is C23H27ClN4O4S. The molecule has 0 bridgehead atoms. The minimum Gasteiger partial charge on any atom is -0.495 e. The Labute approximate surface area is 199 Å². The number of aryl methyl sites for hydroxylation is 1. The molecule has 1 amide bonds. The number of methoxy groups -OCH3 is 1. The van der Waals surface area contributed by atoms with Crippen LogP contribution in [0.1, 0.15) is 12.5 Å². The lowest BCUT2D eigenvalue weighted by molar-refractivity contribution is -0.121. The highest BCUT2D eigenvalue weighted by Gasteiger charge is 2.28. The highest BCUT2D eigenvalue weighted by molar-refractivity contribution is 7.89. The number of aromatic nitrogens is 1. The van der Waals surface area contributed by atoms with Gasteiger partial charge in [0.25, 0.3) is 0 Å². The summed E-state index contributed by atoms with van der Waals surface area (Å²) in [6, 6.07) is 12.2. The first kappa shape index (κ1) is 24.8. The lowest BCUT2D eigenvalue weighted by Gasteiger charge is -2.21. The molecule has 10 heteroatoms. The molecule has 0 saturated carbocycles. The van der Waals surface area contributed by atoms with Gasteiger partial charge >= 0.3 is 0 Å². The van der Waals surface area contributed by atoms with E-state index in [9.17, 15) is 13.2 Å². The fourth-order valence-corrected chi connectivity index (χ4v) is 5.19. The molecule has 0 saturated heterocycles. The number of nitrogens with zero attached hydrogens (tertiary/aromatic N) is 2. The third-order valence-corrected chi connectivity index (χ3v) is 7.25. The molecule has 8 nitrogen and oxygen atoms in total. The summed E-state index contributed by atoms with van der Waals surface area (Å²) in [6.45, 7) is 4.13. The van der Waals surface area contributed by atoms with Crippen molar-refractivity contribution < 1.29 is 17.9 Å². The number of rotatable bonds is 10. The zero-order valence-electron chi connectivity index (χ0n) is 18.8. The Kier molecular flexibility index (Phi) is 8.12. The van der Waals surface area contributed by atoms with Crippen LogP contribution in [0.3, 0.4) is 0 Å². The molecule has 1 heterocycles. The van der Waals surface area contributed by atoms with Gasteiger partial charge in [-0.25, -0.2) is 8.42 Å². The summed E-state index contributed by atoms with van der Waals surface area (Å²) in [5, 5.41) is 7.55. The molecule has 33 heavy (non-hydrogen) atoms. The predicted molar refractivity (Wildman–Crippen MR) is 130 cm³/mol. The summed E-state index contributed by atoms with van der Waals surface area (Å²) in [5.74, 6) is -0.144. The topological polar surface area (TPSA) is 101 Å². The number of hydrogen-bond donors (Lipinski definition) is 2. The number of carbonyl (C=O) groups is 1. The first-order chi connectivity index (χ1) is 15.8. The van der Waals surface area contributed by atoms with E-state index in [2.05, 4.69) is 15.6 Å². The number of halogens is 1. The molecule has 2 aromatic carbocycles. The number of hydrogen-bond acceptors (Lipinski definition) is 6. The monoisotopic (exact) mass is 490 g/mol. The molecule has 0 unspecified atom stereocenters. The third-order valence-electron chi connectivity index (χ3n) is 5.08. The van der Waals surface area contributed by atoms with Gasteiger partial charge in [0.2, 0.25) is 15.9 Å². The van der Waals surface area contributed by atoms with E-state index >= 15 is 0 Å². The molecule has 1 aromatic heterocycles. The van der Waals surface area contributed by atoms with E-state index in [0.29, 0.717) is 18.1 Å². The van der Waals surface area contributed by atoms with E-state index in [-0.39, 0.29) is 29.6 Å². The van der Waals surface area contributed by atoms with Crippen LogP contribution in [0.25, 0.3) is 10.9 Å². The van der Waals surface area contributed by atoms with Crippen LogP contribution < -0.4 is 15.4 Å². The Morgan fingerprint density at radius 2 is 1.94 bits per heavy atom. The fourth-order valence-electron chi connectivity index (χ4n) is 3.38. The van der Waals surface area contributed by atoms with E-state index < -0.39 is 10.0 Å². The van der Waals surface area contributed by atoms with Crippen molar-refractivity contribution in [1.82, 2.24) is 14.6 Å². The summed E-state index contributed by atoms with van der Waals surface area (Å²) < 4.78 is 32.6. The second-order valence-electron chi connectivity index (χ2n) is 7.38. The lowest BCUT2D eigenvalue weighted by Crippen LogP contribution is -2.41. The fraction of sp³-hybridized carbons (Fsp3) is 0.304. The number of likely N-dealkylation sites (N-methyl/N-ethyl adjacent to an activating group) is 1. The molecule has 2 N–H and O–H groups in total. The van der Waals surface area contributed by atoms with Crippen molar-refractivity contribution in [2.75, 3.05) is 38.6 Å². The van der Waals surface area contributed by atoms with Gasteiger partial charge in [-0.05, 0) is 48.9 Å². The average molecular weight is 491 g/mol. The van der Waals surface area contributed by atoms with Crippen molar-refractivity contribution in [2.24, 2.45) is 0 Å². The van der Waals surface area contributed by atoms with Crippen molar-refractivity contribution in [3.63, 3.8) is 0 Å². The maximum atomic E-state index is 13.1. The maximum absolute atomic E-state index is 13.1. The number of carbonyl (C=O) groups excluding carboxylic acids is 1.